The van der Waals surface area contributed by atoms with Crippen LogP contribution >= 0.6 is 0 Å². The first kappa shape index (κ1) is 13.3. The first-order chi connectivity index (χ1) is 8.27. The van der Waals surface area contributed by atoms with Crippen molar-refractivity contribution in [2.24, 2.45) is 5.84 Å². The first-order valence-corrected chi connectivity index (χ1v) is 5.33. The number of hydrogen-bond acceptors (Lipinski definition) is 6. The standard InChI is InChI=1S/C10H17N5O2/c1-17-5-3-2-4-13-10(16)8-6-12-7-9(14-8)15-11/h6-7H,2-5,11H2,1H3,(H,13,16)(H,14,15). The van der Waals surface area contributed by atoms with E-state index in [0.29, 0.717) is 19.0 Å². The van der Waals surface area contributed by atoms with Crippen LogP contribution in [0.5, 0.6) is 0 Å². The van der Waals surface area contributed by atoms with E-state index in [0.717, 1.165) is 12.8 Å². The molecule has 0 aliphatic rings. The van der Waals surface area contributed by atoms with Crippen LogP contribution in [-0.4, -0.2) is 36.1 Å². The number of methoxy groups -OCH3 is 1. The highest BCUT2D eigenvalue weighted by molar-refractivity contribution is 5.92. The highest BCUT2D eigenvalue weighted by Gasteiger charge is 2.07. The number of rotatable bonds is 7. The quantitative estimate of drug-likeness (QED) is 0.349. The van der Waals surface area contributed by atoms with Crippen molar-refractivity contribution in [2.45, 2.75) is 12.8 Å². The van der Waals surface area contributed by atoms with Gasteiger partial charge in [0.05, 0.1) is 12.4 Å². The fourth-order valence-electron chi connectivity index (χ4n) is 1.21. The van der Waals surface area contributed by atoms with Crippen LogP contribution in [0, 0.1) is 0 Å². The van der Waals surface area contributed by atoms with Gasteiger partial charge in [0.15, 0.2) is 5.82 Å². The second-order valence-electron chi connectivity index (χ2n) is 3.39. The summed E-state index contributed by atoms with van der Waals surface area (Å²) in [5.74, 6) is 5.28. The van der Waals surface area contributed by atoms with Gasteiger partial charge < -0.3 is 15.5 Å². The van der Waals surface area contributed by atoms with Gasteiger partial charge in [-0.05, 0) is 12.8 Å². The van der Waals surface area contributed by atoms with E-state index < -0.39 is 0 Å². The van der Waals surface area contributed by atoms with Crippen LogP contribution in [0.25, 0.3) is 0 Å². The van der Waals surface area contributed by atoms with Crippen LogP contribution in [-0.2, 0) is 4.74 Å². The van der Waals surface area contributed by atoms with E-state index in [1.165, 1.54) is 12.4 Å². The fourth-order valence-corrected chi connectivity index (χ4v) is 1.21. The summed E-state index contributed by atoms with van der Waals surface area (Å²) in [6.07, 6.45) is 4.61. The van der Waals surface area contributed by atoms with Crippen LogP contribution in [0.1, 0.15) is 23.3 Å². The number of hydrazine groups is 1. The summed E-state index contributed by atoms with van der Waals surface area (Å²) in [5.41, 5.74) is 2.58. The minimum absolute atomic E-state index is 0.243. The van der Waals surface area contributed by atoms with Gasteiger partial charge in [-0.3, -0.25) is 9.78 Å². The van der Waals surface area contributed by atoms with Crippen molar-refractivity contribution in [1.82, 2.24) is 15.3 Å². The summed E-state index contributed by atoms with van der Waals surface area (Å²) in [7, 11) is 1.65. The van der Waals surface area contributed by atoms with Gasteiger partial charge in [-0.25, -0.2) is 10.8 Å². The summed E-state index contributed by atoms with van der Waals surface area (Å²) in [6, 6.07) is 0. The molecule has 0 aromatic carbocycles. The molecule has 1 amide bonds. The Labute approximate surface area is 99.7 Å². The third-order valence-corrected chi connectivity index (χ3v) is 2.08. The maximum atomic E-state index is 11.6. The van der Waals surface area contributed by atoms with Crippen molar-refractivity contribution in [1.29, 1.82) is 0 Å². The Balaban J connectivity index is 2.36. The second-order valence-corrected chi connectivity index (χ2v) is 3.39. The Hall–Kier alpha value is -1.73. The summed E-state index contributed by atoms with van der Waals surface area (Å²) in [4.78, 5) is 19.5. The number of carbonyl (C=O) groups is 1. The molecule has 0 saturated carbocycles. The third kappa shape index (κ3) is 4.75. The van der Waals surface area contributed by atoms with Crippen LogP contribution in [0.15, 0.2) is 12.4 Å². The minimum Gasteiger partial charge on any atom is -0.385 e. The van der Waals surface area contributed by atoms with Gasteiger partial charge in [-0.1, -0.05) is 0 Å². The molecule has 0 bridgehead atoms. The van der Waals surface area contributed by atoms with E-state index >= 15 is 0 Å². The van der Waals surface area contributed by atoms with Crippen LogP contribution in [0.3, 0.4) is 0 Å². The summed E-state index contributed by atoms with van der Waals surface area (Å²) in [6.45, 7) is 1.28. The number of nitrogen functional groups attached to an aromatic ring is 1. The number of nitrogens with one attached hydrogen (secondary N) is 2. The van der Waals surface area contributed by atoms with Gasteiger partial charge in [0.2, 0.25) is 0 Å². The number of amides is 1. The predicted octanol–water partition coefficient (Wildman–Crippen LogP) is -0.0814. The Morgan fingerprint density at radius 2 is 2.29 bits per heavy atom. The van der Waals surface area contributed by atoms with Gasteiger partial charge in [0.1, 0.15) is 5.69 Å². The Morgan fingerprint density at radius 3 is 3.00 bits per heavy atom. The molecule has 1 aromatic rings. The fraction of sp³-hybridized carbons (Fsp3) is 0.500. The number of carbonyl (C=O) groups excluding carboxylic acids is 1. The molecule has 0 spiro atoms. The summed E-state index contributed by atoms with van der Waals surface area (Å²) in [5, 5.41) is 2.74. The van der Waals surface area contributed by atoms with Crippen molar-refractivity contribution in [3.8, 4) is 0 Å². The number of unbranched alkanes of at least 4 members (excludes halogenated alkanes) is 1. The molecule has 0 aliphatic heterocycles. The van der Waals surface area contributed by atoms with Crippen molar-refractivity contribution in [3.05, 3.63) is 18.1 Å². The molecule has 0 atom stereocenters. The molecule has 94 valence electrons. The molecule has 0 unspecified atom stereocenters. The Morgan fingerprint density at radius 1 is 1.47 bits per heavy atom. The lowest BCUT2D eigenvalue weighted by molar-refractivity contribution is 0.0946. The Bertz CT molecular complexity index is 358. The molecule has 4 N–H and O–H groups in total. The highest BCUT2D eigenvalue weighted by Crippen LogP contribution is 1.99. The molecule has 0 saturated heterocycles. The van der Waals surface area contributed by atoms with Crippen LogP contribution in [0.2, 0.25) is 0 Å². The van der Waals surface area contributed by atoms with Crippen LogP contribution in [0.4, 0.5) is 5.82 Å². The molecule has 1 heterocycles. The average molecular weight is 239 g/mol. The lowest BCUT2D eigenvalue weighted by Crippen LogP contribution is -2.26. The molecular formula is C10H17N5O2. The SMILES string of the molecule is COCCCCNC(=O)c1cncc(NN)n1. The minimum atomic E-state index is -0.257. The maximum absolute atomic E-state index is 11.6. The van der Waals surface area contributed by atoms with Gasteiger partial charge in [-0.2, -0.15) is 0 Å². The summed E-state index contributed by atoms with van der Waals surface area (Å²) >= 11 is 0. The summed E-state index contributed by atoms with van der Waals surface area (Å²) < 4.78 is 4.91. The number of aromatic nitrogens is 2. The lowest BCUT2D eigenvalue weighted by Gasteiger charge is -2.05. The van der Waals surface area contributed by atoms with E-state index in [1.54, 1.807) is 7.11 Å². The Kier molecular flexibility index (Phi) is 5.91. The molecule has 1 aromatic heterocycles. The van der Waals surface area contributed by atoms with E-state index in [9.17, 15) is 4.79 Å². The van der Waals surface area contributed by atoms with Crippen LogP contribution < -0.4 is 16.6 Å². The smallest absolute Gasteiger partial charge is 0.271 e. The monoisotopic (exact) mass is 239 g/mol. The number of nitrogens with two attached hydrogens (primary N) is 1. The highest BCUT2D eigenvalue weighted by atomic mass is 16.5. The second kappa shape index (κ2) is 7.53. The lowest BCUT2D eigenvalue weighted by atomic mass is 10.3. The van der Waals surface area contributed by atoms with E-state index in [4.69, 9.17) is 10.6 Å². The third-order valence-electron chi connectivity index (χ3n) is 2.08. The normalized spacial score (nSPS) is 10.0. The van der Waals surface area contributed by atoms with E-state index in [1.807, 2.05) is 0 Å². The number of anilines is 1. The van der Waals surface area contributed by atoms with Gasteiger partial charge in [-0.15, -0.1) is 0 Å². The zero-order valence-corrected chi connectivity index (χ0v) is 9.77. The topological polar surface area (TPSA) is 102 Å². The van der Waals surface area contributed by atoms with Gasteiger partial charge in [0.25, 0.3) is 5.91 Å². The number of nitrogens with zero attached hydrogens (tertiary/aromatic N) is 2. The number of hydrogen-bond donors (Lipinski definition) is 3. The van der Waals surface area contributed by atoms with Crippen molar-refractivity contribution in [3.63, 3.8) is 0 Å². The van der Waals surface area contributed by atoms with Gasteiger partial charge in [0, 0.05) is 20.3 Å². The molecule has 7 nitrogen and oxygen atoms in total. The first-order valence-electron chi connectivity index (χ1n) is 5.33. The predicted molar refractivity (Wildman–Crippen MR) is 63.3 cm³/mol. The molecule has 17 heavy (non-hydrogen) atoms. The molecule has 7 heteroatoms. The molecule has 1 rings (SSSR count). The zero-order valence-electron chi connectivity index (χ0n) is 9.77. The average Bonchev–Trinajstić information content (AvgIpc) is 2.38. The largest absolute Gasteiger partial charge is 0.385 e. The van der Waals surface area contributed by atoms with E-state index in [2.05, 4.69) is 20.7 Å². The molecule has 0 aliphatic carbocycles. The zero-order chi connectivity index (χ0) is 12.5. The molecule has 0 fully saturated rings. The van der Waals surface area contributed by atoms with E-state index in [-0.39, 0.29) is 11.6 Å². The molecule has 0 radical (unpaired) electrons. The van der Waals surface area contributed by atoms with Gasteiger partial charge >= 0.3 is 0 Å². The van der Waals surface area contributed by atoms with Crippen molar-refractivity contribution in [2.75, 3.05) is 25.7 Å². The van der Waals surface area contributed by atoms with Crippen molar-refractivity contribution < 1.29 is 9.53 Å². The van der Waals surface area contributed by atoms with Crippen molar-refractivity contribution >= 4 is 11.7 Å². The maximum Gasteiger partial charge on any atom is 0.271 e. The number of ether oxygens (including phenoxy) is 1. The molecular weight excluding hydrogens is 222 g/mol.